The third kappa shape index (κ3) is 4.63. The van der Waals surface area contributed by atoms with Gasteiger partial charge in [0.1, 0.15) is 0 Å². The highest BCUT2D eigenvalue weighted by Crippen LogP contribution is 2.36. The zero-order valence-corrected chi connectivity index (χ0v) is 19.4. The Balaban J connectivity index is 1.56. The SMILES string of the molecule is CN1CCC(CNc2nc(-c3cc(Cl)c4ncccc4c3)c(-c3ccccc3)nc2N)CC1. The summed E-state index contributed by atoms with van der Waals surface area (Å²) in [4.78, 5) is 16.6. The van der Waals surface area contributed by atoms with E-state index < -0.39 is 0 Å². The lowest BCUT2D eigenvalue weighted by atomic mass is 9.97. The van der Waals surface area contributed by atoms with E-state index in [2.05, 4.69) is 28.3 Å². The van der Waals surface area contributed by atoms with Crippen molar-refractivity contribution in [3.63, 3.8) is 0 Å². The molecule has 0 spiro atoms. The summed E-state index contributed by atoms with van der Waals surface area (Å²) in [5, 5.41) is 5.02. The molecule has 1 fully saturated rings. The number of aromatic nitrogens is 3. The molecule has 6 nitrogen and oxygen atoms in total. The number of nitrogens with one attached hydrogen (secondary N) is 1. The Kier molecular flexibility index (Phi) is 6.11. The van der Waals surface area contributed by atoms with Gasteiger partial charge in [-0.05, 0) is 57.1 Å². The Hall–Kier alpha value is -3.22. The molecule has 0 aliphatic carbocycles. The van der Waals surface area contributed by atoms with Crippen LogP contribution < -0.4 is 11.1 Å². The summed E-state index contributed by atoms with van der Waals surface area (Å²) < 4.78 is 0. The summed E-state index contributed by atoms with van der Waals surface area (Å²) >= 11 is 6.60. The van der Waals surface area contributed by atoms with Gasteiger partial charge >= 0.3 is 0 Å². The van der Waals surface area contributed by atoms with Crippen LogP contribution in [0.2, 0.25) is 5.02 Å². The number of hydrogen-bond donors (Lipinski definition) is 2. The molecule has 2 aromatic heterocycles. The van der Waals surface area contributed by atoms with E-state index in [-0.39, 0.29) is 0 Å². The van der Waals surface area contributed by atoms with Gasteiger partial charge < -0.3 is 16.0 Å². The second-order valence-corrected chi connectivity index (χ2v) is 9.09. The van der Waals surface area contributed by atoms with Crippen molar-refractivity contribution in [1.82, 2.24) is 19.9 Å². The maximum absolute atomic E-state index is 6.60. The third-order valence-corrected chi connectivity index (χ3v) is 6.59. The number of hydrogen-bond acceptors (Lipinski definition) is 6. The second-order valence-electron chi connectivity index (χ2n) is 8.68. The van der Waals surface area contributed by atoms with Crippen molar-refractivity contribution in [2.24, 2.45) is 5.92 Å². The number of fused-ring (bicyclic) bond motifs is 1. The molecular weight excluding hydrogens is 432 g/mol. The molecule has 2 aromatic carbocycles. The van der Waals surface area contributed by atoms with E-state index in [0.29, 0.717) is 22.6 Å². The molecule has 0 saturated carbocycles. The average Bonchev–Trinajstić information content (AvgIpc) is 2.84. The molecule has 0 amide bonds. The van der Waals surface area contributed by atoms with Crippen LogP contribution in [0, 0.1) is 5.92 Å². The zero-order valence-electron chi connectivity index (χ0n) is 18.6. The van der Waals surface area contributed by atoms with Crippen molar-refractivity contribution in [3.8, 4) is 22.5 Å². The third-order valence-electron chi connectivity index (χ3n) is 6.30. The number of benzene rings is 2. The first-order chi connectivity index (χ1) is 16.1. The van der Waals surface area contributed by atoms with Crippen LogP contribution in [0.25, 0.3) is 33.4 Å². The Morgan fingerprint density at radius 3 is 2.55 bits per heavy atom. The highest BCUT2D eigenvalue weighted by molar-refractivity contribution is 6.35. The first-order valence-corrected chi connectivity index (χ1v) is 11.7. The molecule has 3 heterocycles. The molecule has 0 unspecified atom stereocenters. The van der Waals surface area contributed by atoms with Gasteiger partial charge in [0.2, 0.25) is 0 Å². The highest BCUT2D eigenvalue weighted by Gasteiger charge is 2.20. The maximum Gasteiger partial charge on any atom is 0.169 e. The number of nitrogens with two attached hydrogens (primary N) is 1. The quantitative estimate of drug-likeness (QED) is 0.419. The normalized spacial score (nSPS) is 15.1. The smallest absolute Gasteiger partial charge is 0.169 e. The van der Waals surface area contributed by atoms with Crippen molar-refractivity contribution in [3.05, 3.63) is 65.8 Å². The lowest BCUT2D eigenvalue weighted by Crippen LogP contribution is -2.33. The first-order valence-electron chi connectivity index (χ1n) is 11.3. The van der Waals surface area contributed by atoms with Gasteiger partial charge in [0, 0.05) is 29.3 Å². The number of likely N-dealkylation sites (tertiary alicyclic amines) is 1. The van der Waals surface area contributed by atoms with Crippen molar-refractivity contribution >= 4 is 34.1 Å². The second kappa shape index (κ2) is 9.33. The van der Waals surface area contributed by atoms with Gasteiger partial charge in [-0.15, -0.1) is 0 Å². The average molecular weight is 459 g/mol. The topological polar surface area (TPSA) is 80.0 Å². The Bertz CT molecular complexity index is 1270. The van der Waals surface area contributed by atoms with E-state index in [1.807, 2.05) is 48.5 Å². The van der Waals surface area contributed by atoms with Crippen LogP contribution in [0.15, 0.2) is 60.8 Å². The minimum atomic E-state index is 0.402. The monoisotopic (exact) mass is 458 g/mol. The van der Waals surface area contributed by atoms with Crippen LogP contribution in [0.1, 0.15) is 12.8 Å². The molecule has 5 rings (SSSR count). The molecule has 168 valence electrons. The molecule has 7 heteroatoms. The maximum atomic E-state index is 6.60. The summed E-state index contributed by atoms with van der Waals surface area (Å²) in [5.74, 6) is 1.62. The first kappa shape index (κ1) is 21.6. The molecule has 0 atom stereocenters. The van der Waals surface area contributed by atoms with Gasteiger partial charge in [-0.2, -0.15) is 0 Å². The summed E-state index contributed by atoms with van der Waals surface area (Å²) in [6.45, 7) is 3.07. The fraction of sp³-hybridized carbons (Fsp3) is 0.269. The van der Waals surface area contributed by atoms with Crippen molar-refractivity contribution in [2.45, 2.75) is 12.8 Å². The van der Waals surface area contributed by atoms with Gasteiger partial charge in [0.25, 0.3) is 0 Å². The van der Waals surface area contributed by atoms with Crippen molar-refractivity contribution < 1.29 is 0 Å². The van der Waals surface area contributed by atoms with Crippen LogP contribution >= 0.6 is 11.6 Å². The predicted molar refractivity (Wildman–Crippen MR) is 136 cm³/mol. The van der Waals surface area contributed by atoms with E-state index in [1.54, 1.807) is 6.20 Å². The van der Waals surface area contributed by atoms with E-state index in [4.69, 9.17) is 27.3 Å². The lowest BCUT2D eigenvalue weighted by Gasteiger charge is -2.29. The van der Waals surface area contributed by atoms with E-state index >= 15 is 0 Å². The van der Waals surface area contributed by atoms with Crippen LogP contribution in [-0.2, 0) is 0 Å². The Labute approximate surface area is 198 Å². The molecule has 4 aromatic rings. The number of anilines is 2. The van der Waals surface area contributed by atoms with E-state index in [9.17, 15) is 0 Å². The predicted octanol–water partition coefficient (Wildman–Crippen LogP) is 5.35. The van der Waals surface area contributed by atoms with Crippen LogP contribution in [-0.4, -0.2) is 46.5 Å². The molecule has 1 aliphatic rings. The number of piperidine rings is 1. The summed E-state index contributed by atoms with van der Waals surface area (Å²) in [6.07, 6.45) is 4.08. The highest BCUT2D eigenvalue weighted by atomic mass is 35.5. The largest absolute Gasteiger partial charge is 0.381 e. The number of pyridine rings is 1. The molecule has 1 saturated heterocycles. The lowest BCUT2D eigenvalue weighted by molar-refractivity contribution is 0.226. The van der Waals surface area contributed by atoms with Crippen LogP contribution in [0.4, 0.5) is 11.6 Å². The fourth-order valence-corrected chi connectivity index (χ4v) is 4.64. The number of halogens is 1. The summed E-state index contributed by atoms with van der Waals surface area (Å²) in [5.41, 5.74) is 10.5. The number of nitrogen functional groups attached to an aromatic ring is 1. The zero-order chi connectivity index (χ0) is 22.8. The van der Waals surface area contributed by atoms with E-state index in [0.717, 1.165) is 53.1 Å². The minimum absolute atomic E-state index is 0.402. The molecular formula is C26H27ClN6. The van der Waals surface area contributed by atoms with E-state index in [1.165, 1.54) is 12.8 Å². The van der Waals surface area contributed by atoms with Gasteiger partial charge in [0.05, 0.1) is 21.9 Å². The summed E-state index contributed by atoms with van der Waals surface area (Å²) in [6, 6.07) is 17.9. The van der Waals surface area contributed by atoms with Gasteiger partial charge in [-0.3, -0.25) is 4.98 Å². The van der Waals surface area contributed by atoms with Gasteiger partial charge in [-0.25, -0.2) is 9.97 Å². The molecule has 33 heavy (non-hydrogen) atoms. The van der Waals surface area contributed by atoms with Crippen LogP contribution in [0.5, 0.6) is 0 Å². The molecule has 0 bridgehead atoms. The fourth-order valence-electron chi connectivity index (χ4n) is 4.37. The Morgan fingerprint density at radius 1 is 1.00 bits per heavy atom. The minimum Gasteiger partial charge on any atom is -0.381 e. The molecule has 0 radical (unpaired) electrons. The van der Waals surface area contributed by atoms with Gasteiger partial charge in [-0.1, -0.05) is 48.0 Å². The standard InChI is InChI=1S/C26H27ClN6/c1-33-12-9-17(10-13-33)16-30-26-25(28)31-23(18-6-3-2-4-7-18)24(32-26)20-14-19-8-5-11-29-22(19)21(27)15-20/h2-8,11,14-15,17H,9-10,12-13,16H2,1H3,(H2,28,31)(H,30,32). The van der Waals surface area contributed by atoms with Crippen molar-refractivity contribution in [1.29, 1.82) is 0 Å². The van der Waals surface area contributed by atoms with Crippen molar-refractivity contribution in [2.75, 3.05) is 37.7 Å². The number of nitrogens with zero attached hydrogens (tertiary/aromatic N) is 4. The van der Waals surface area contributed by atoms with Crippen LogP contribution in [0.3, 0.4) is 0 Å². The Morgan fingerprint density at radius 2 is 1.76 bits per heavy atom. The number of rotatable bonds is 5. The van der Waals surface area contributed by atoms with Gasteiger partial charge in [0.15, 0.2) is 11.6 Å². The summed E-state index contributed by atoms with van der Waals surface area (Å²) in [7, 11) is 2.17. The molecule has 3 N–H and O–H groups in total. The molecule has 1 aliphatic heterocycles.